The summed E-state index contributed by atoms with van der Waals surface area (Å²) in [6, 6.07) is 9.28. The standard InChI is InChI=1S/C17H21N3O4/c1-3-20(10-16(21)18-17-8-12(2)19-24-17)9-13-11-22-14-6-4-5-7-15(14)23-13/h4-8,13H,3,9-11H2,1-2H3,(H,18,21)/t13-/m0/s1. The Morgan fingerprint density at radius 2 is 2.17 bits per heavy atom. The lowest BCUT2D eigenvalue weighted by Crippen LogP contribution is -2.43. The van der Waals surface area contributed by atoms with E-state index in [1.165, 1.54) is 0 Å². The second-order valence-corrected chi connectivity index (χ2v) is 5.71. The van der Waals surface area contributed by atoms with Gasteiger partial charge in [-0.1, -0.05) is 24.2 Å². The number of benzene rings is 1. The van der Waals surface area contributed by atoms with Gasteiger partial charge >= 0.3 is 0 Å². The number of anilines is 1. The van der Waals surface area contributed by atoms with Gasteiger partial charge < -0.3 is 14.0 Å². The Morgan fingerprint density at radius 3 is 2.88 bits per heavy atom. The second kappa shape index (κ2) is 7.35. The Balaban J connectivity index is 1.52. The Bertz CT molecular complexity index is 701. The topological polar surface area (TPSA) is 76.8 Å². The zero-order chi connectivity index (χ0) is 16.9. The first kappa shape index (κ1) is 16.3. The summed E-state index contributed by atoms with van der Waals surface area (Å²) in [5.74, 6) is 1.71. The largest absolute Gasteiger partial charge is 0.486 e. The van der Waals surface area contributed by atoms with Crippen molar-refractivity contribution in [2.75, 3.05) is 31.6 Å². The average molecular weight is 331 g/mol. The van der Waals surface area contributed by atoms with Gasteiger partial charge in [-0.15, -0.1) is 0 Å². The molecule has 1 aliphatic heterocycles. The molecule has 1 aliphatic rings. The van der Waals surface area contributed by atoms with E-state index in [9.17, 15) is 4.79 Å². The van der Waals surface area contributed by atoms with E-state index in [1.54, 1.807) is 13.0 Å². The van der Waals surface area contributed by atoms with Crippen molar-refractivity contribution in [1.82, 2.24) is 10.1 Å². The van der Waals surface area contributed by atoms with Gasteiger partial charge in [0.15, 0.2) is 11.5 Å². The molecule has 128 valence electrons. The minimum absolute atomic E-state index is 0.111. The highest BCUT2D eigenvalue weighted by molar-refractivity contribution is 5.90. The van der Waals surface area contributed by atoms with E-state index in [4.69, 9.17) is 14.0 Å². The zero-order valence-corrected chi connectivity index (χ0v) is 13.8. The smallest absolute Gasteiger partial charge is 0.240 e. The predicted molar refractivity (Wildman–Crippen MR) is 88.3 cm³/mol. The number of amides is 1. The van der Waals surface area contributed by atoms with E-state index >= 15 is 0 Å². The molecule has 7 nitrogen and oxygen atoms in total. The molecule has 1 amide bonds. The molecular formula is C17H21N3O4. The maximum atomic E-state index is 12.1. The third-order valence-electron chi connectivity index (χ3n) is 3.73. The van der Waals surface area contributed by atoms with E-state index in [-0.39, 0.29) is 18.6 Å². The number of fused-ring (bicyclic) bond motifs is 1. The van der Waals surface area contributed by atoms with Crippen molar-refractivity contribution in [2.24, 2.45) is 0 Å². The first-order valence-electron chi connectivity index (χ1n) is 7.98. The Morgan fingerprint density at radius 1 is 1.38 bits per heavy atom. The lowest BCUT2D eigenvalue weighted by Gasteiger charge is -2.30. The van der Waals surface area contributed by atoms with Crippen LogP contribution in [0.5, 0.6) is 11.5 Å². The van der Waals surface area contributed by atoms with Crippen LogP contribution in [-0.4, -0.2) is 48.3 Å². The molecule has 0 saturated heterocycles. The summed E-state index contributed by atoms with van der Waals surface area (Å²) in [5.41, 5.74) is 0.726. The summed E-state index contributed by atoms with van der Waals surface area (Å²) in [7, 11) is 0. The molecule has 0 saturated carbocycles. The van der Waals surface area contributed by atoms with Gasteiger partial charge in [0.1, 0.15) is 12.7 Å². The van der Waals surface area contributed by atoms with Gasteiger partial charge in [0.05, 0.1) is 12.2 Å². The van der Waals surface area contributed by atoms with Crippen LogP contribution in [-0.2, 0) is 4.79 Å². The van der Waals surface area contributed by atoms with Crippen LogP contribution in [0.3, 0.4) is 0 Å². The molecule has 0 bridgehead atoms. The molecule has 2 aromatic rings. The Kier molecular flexibility index (Phi) is 5.00. The number of hydrogen-bond acceptors (Lipinski definition) is 6. The van der Waals surface area contributed by atoms with Gasteiger partial charge in [-0.2, -0.15) is 0 Å². The minimum Gasteiger partial charge on any atom is -0.486 e. The van der Waals surface area contributed by atoms with Crippen LogP contribution in [0.15, 0.2) is 34.9 Å². The normalized spacial score (nSPS) is 16.2. The van der Waals surface area contributed by atoms with Crippen LogP contribution in [0.1, 0.15) is 12.6 Å². The molecule has 2 heterocycles. The lowest BCUT2D eigenvalue weighted by atomic mass is 10.2. The number of hydrogen-bond donors (Lipinski definition) is 1. The van der Waals surface area contributed by atoms with Gasteiger partial charge in [0, 0.05) is 12.6 Å². The molecule has 7 heteroatoms. The maximum absolute atomic E-state index is 12.1. The van der Waals surface area contributed by atoms with Crippen LogP contribution in [0.25, 0.3) is 0 Å². The van der Waals surface area contributed by atoms with Gasteiger partial charge in [-0.3, -0.25) is 15.0 Å². The fourth-order valence-corrected chi connectivity index (χ4v) is 2.55. The fourth-order valence-electron chi connectivity index (χ4n) is 2.55. The van der Waals surface area contributed by atoms with Crippen molar-refractivity contribution in [1.29, 1.82) is 0 Å². The van der Waals surface area contributed by atoms with E-state index in [0.717, 1.165) is 23.7 Å². The SMILES string of the molecule is CCN(CC(=O)Nc1cc(C)no1)C[C@H]1COc2ccccc2O1. The Hall–Kier alpha value is -2.54. The van der Waals surface area contributed by atoms with E-state index in [0.29, 0.717) is 19.0 Å². The van der Waals surface area contributed by atoms with E-state index in [1.807, 2.05) is 36.1 Å². The van der Waals surface area contributed by atoms with Gasteiger partial charge in [0.25, 0.3) is 0 Å². The van der Waals surface area contributed by atoms with Crippen molar-refractivity contribution in [2.45, 2.75) is 20.0 Å². The number of aromatic nitrogens is 1. The van der Waals surface area contributed by atoms with Crippen LogP contribution >= 0.6 is 0 Å². The molecule has 0 fully saturated rings. The van der Waals surface area contributed by atoms with Crippen LogP contribution in [0, 0.1) is 6.92 Å². The monoisotopic (exact) mass is 331 g/mol. The number of rotatable bonds is 6. The molecular weight excluding hydrogens is 310 g/mol. The summed E-state index contributed by atoms with van der Waals surface area (Å²) in [4.78, 5) is 14.1. The van der Waals surface area contributed by atoms with Crippen LogP contribution < -0.4 is 14.8 Å². The maximum Gasteiger partial charge on any atom is 0.240 e. The fraction of sp³-hybridized carbons (Fsp3) is 0.412. The van der Waals surface area contributed by atoms with Crippen molar-refractivity contribution in [3.8, 4) is 11.5 Å². The van der Waals surface area contributed by atoms with Crippen molar-refractivity contribution >= 4 is 11.8 Å². The summed E-state index contributed by atoms with van der Waals surface area (Å²) >= 11 is 0. The quantitative estimate of drug-likeness (QED) is 0.873. The van der Waals surface area contributed by atoms with Gasteiger partial charge in [0.2, 0.25) is 11.8 Å². The zero-order valence-electron chi connectivity index (χ0n) is 13.8. The molecule has 24 heavy (non-hydrogen) atoms. The number of nitrogens with zero attached hydrogens (tertiary/aromatic N) is 2. The number of para-hydroxylation sites is 2. The molecule has 3 rings (SSSR count). The average Bonchev–Trinajstić information content (AvgIpc) is 2.98. The van der Waals surface area contributed by atoms with Crippen LogP contribution in [0.2, 0.25) is 0 Å². The molecule has 0 radical (unpaired) electrons. The molecule has 1 aromatic carbocycles. The number of ether oxygens (including phenoxy) is 2. The molecule has 1 N–H and O–H groups in total. The summed E-state index contributed by atoms with van der Waals surface area (Å²) < 4.78 is 16.6. The second-order valence-electron chi connectivity index (χ2n) is 5.71. The summed E-state index contributed by atoms with van der Waals surface area (Å²) in [5, 5.41) is 6.44. The van der Waals surface area contributed by atoms with Crippen molar-refractivity contribution in [3.05, 3.63) is 36.0 Å². The highest BCUT2D eigenvalue weighted by Gasteiger charge is 2.23. The molecule has 1 atom stereocenters. The summed E-state index contributed by atoms with van der Waals surface area (Å²) in [6.07, 6.45) is -0.111. The lowest BCUT2D eigenvalue weighted by molar-refractivity contribution is -0.117. The highest BCUT2D eigenvalue weighted by atomic mass is 16.6. The molecule has 0 aliphatic carbocycles. The number of carbonyl (C=O) groups is 1. The predicted octanol–water partition coefficient (Wildman–Crippen LogP) is 2.08. The number of likely N-dealkylation sites (N-methyl/N-ethyl adjacent to an activating group) is 1. The molecule has 0 spiro atoms. The first-order valence-corrected chi connectivity index (χ1v) is 7.98. The highest BCUT2D eigenvalue weighted by Crippen LogP contribution is 2.30. The number of carbonyl (C=O) groups excluding carboxylic acids is 1. The van der Waals surface area contributed by atoms with Gasteiger partial charge in [-0.25, -0.2) is 0 Å². The van der Waals surface area contributed by atoms with E-state index in [2.05, 4.69) is 10.5 Å². The minimum atomic E-state index is -0.148. The first-order chi connectivity index (χ1) is 11.6. The number of aryl methyl sites for hydroxylation is 1. The molecule has 1 aromatic heterocycles. The van der Waals surface area contributed by atoms with Crippen LogP contribution in [0.4, 0.5) is 5.88 Å². The van der Waals surface area contributed by atoms with Crippen molar-refractivity contribution in [3.63, 3.8) is 0 Å². The Labute approximate surface area is 140 Å². The third kappa shape index (κ3) is 4.05. The third-order valence-corrected chi connectivity index (χ3v) is 3.73. The summed E-state index contributed by atoms with van der Waals surface area (Å²) in [6.45, 7) is 5.85. The van der Waals surface area contributed by atoms with Crippen molar-refractivity contribution < 1.29 is 18.8 Å². The van der Waals surface area contributed by atoms with Gasteiger partial charge in [-0.05, 0) is 25.6 Å². The van der Waals surface area contributed by atoms with E-state index < -0.39 is 0 Å². The molecule has 0 unspecified atom stereocenters. The number of nitrogens with one attached hydrogen (secondary N) is 1.